The second-order valence-corrected chi connectivity index (χ2v) is 5.81. The lowest BCUT2D eigenvalue weighted by Crippen LogP contribution is -2.25. The van der Waals surface area contributed by atoms with Crippen molar-refractivity contribution in [3.05, 3.63) is 18.3 Å². The van der Waals surface area contributed by atoms with Gasteiger partial charge in [0.15, 0.2) is 9.84 Å². The summed E-state index contributed by atoms with van der Waals surface area (Å²) >= 11 is 0. The van der Waals surface area contributed by atoms with Crippen molar-refractivity contribution < 1.29 is 13.2 Å². The van der Waals surface area contributed by atoms with E-state index in [4.69, 9.17) is 4.74 Å². The molecule has 0 radical (unpaired) electrons. The predicted molar refractivity (Wildman–Crippen MR) is 66.9 cm³/mol. The summed E-state index contributed by atoms with van der Waals surface area (Å²) in [5.41, 5.74) is 0. The van der Waals surface area contributed by atoms with E-state index in [0.29, 0.717) is 12.4 Å². The highest BCUT2D eigenvalue weighted by molar-refractivity contribution is 7.90. The summed E-state index contributed by atoms with van der Waals surface area (Å²) in [6.45, 7) is 2.51. The Bertz CT molecular complexity index is 460. The summed E-state index contributed by atoms with van der Waals surface area (Å²) in [6, 6.07) is 3.21. The number of nitrogens with zero attached hydrogens (tertiary/aromatic N) is 1. The van der Waals surface area contributed by atoms with Gasteiger partial charge in [-0.05, 0) is 18.6 Å². The van der Waals surface area contributed by atoms with Gasteiger partial charge in [-0.25, -0.2) is 13.4 Å². The number of hydrogen-bond acceptors (Lipinski definition) is 5. The van der Waals surface area contributed by atoms with Gasteiger partial charge in [-0.1, -0.05) is 6.92 Å². The molecule has 0 amide bonds. The summed E-state index contributed by atoms with van der Waals surface area (Å²) < 4.78 is 28.2. The quantitative estimate of drug-likeness (QED) is 0.833. The van der Waals surface area contributed by atoms with Crippen LogP contribution in [0.15, 0.2) is 23.2 Å². The van der Waals surface area contributed by atoms with Crippen molar-refractivity contribution in [2.75, 3.05) is 25.3 Å². The molecule has 0 aliphatic heterocycles. The molecule has 0 aromatic carbocycles. The van der Waals surface area contributed by atoms with Crippen LogP contribution >= 0.6 is 0 Å². The summed E-state index contributed by atoms with van der Waals surface area (Å²) in [7, 11) is -1.66. The van der Waals surface area contributed by atoms with Crippen LogP contribution in [0.3, 0.4) is 0 Å². The first-order valence-electron chi connectivity index (χ1n) is 5.39. The van der Waals surface area contributed by atoms with Gasteiger partial charge >= 0.3 is 0 Å². The van der Waals surface area contributed by atoms with Gasteiger partial charge in [0.05, 0.1) is 12.6 Å². The first-order valence-corrected chi connectivity index (χ1v) is 7.28. The Morgan fingerprint density at radius 2 is 2.24 bits per heavy atom. The number of sulfone groups is 1. The van der Waals surface area contributed by atoms with Crippen LogP contribution in [0.4, 0.5) is 5.82 Å². The van der Waals surface area contributed by atoms with Gasteiger partial charge in [-0.15, -0.1) is 0 Å². The minimum atomic E-state index is -3.27. The second kappa shape index (κ2) is 5.97. The van der Waals surface area contributed by atoms with Crippen molar-refractivity contribution in [3.8, 4) is 0 Å². The molecule has 1 heterocycles. The second-order valence-electron chi connectivity index (χ2n) is 3.83. The number of aromatic nitrogens is 1. The molecule has 0 fully saturated rings. The molecular formula is C11H18N2O3S. The van der Waals surface area contributed by atoms with E-state index in [0.717, 1.165) is 6.42 Å². The molecule has 1 unspecified atom stereocenters. The maximum Gasteiger partial charge on any atom is 0.179 e. The van der Waals surface area contributed by atoms with E-state index in [9.17, 15) is 8.42 Å². The Balaban J connectivity index is 2.98. The summed E-state index contributed by atoms with van der Waals surface area (Å²) in [4.78, 5) is 4.29. The summed E-state index contributed by atoms with van der Waals surface area (Å²) in [5, 5.41) is 3.09. The van der Waals surface area contributed by atoms with E-state index in [1.165, 1.54) is 6.26 Å². The van der Waals surface area contributed by atoms with Crippen molar-refractivity contribution >= 4 is 15.7 Å². The standard InChI is InChI=1S/C11H18N2O3S/c1-4-9(8-16-2)13-11-10(17(3,14)15)6-5-7-12-11/h5-7,9H,4,8H2,1-3H3,(H,12,13). The van der Waals surface area contributed by atoms with Gasteiger partial charge in [0.25, 0.3) is 0 Å². The topological polar surface area (TPSA) is 68.3 Å². The molecule has 0 spiro atoms. The zero-order chi connectivity index (χ0) is 12.9. The molecule has 0 aliphatic rings. The van der Waals surface area contributed by atoms with Crippen molar-refractivity contribution in [2.24, 2.45) is 0 Å². The molecule has 5 nitrogen and oxygen atoms in total. The zero-order valence-electron chi connectivity index (χ0n) is 10.3. The van der Waals surface area contributed by atoms with Crippen LogP contribution in [-0.2, 0) is 14.6 Å². The van der Waals surface area contributed by atoms with Gasteiger partial charge in [0.2, 0.25) is 0 Å². The number of ether oxygens (including phenoxy) is 1. The van der Waals surface area contributed by atoms with Gasteiger partial charge < -0.3 is 10.1 Å². The Hall–Kier alpha value is -1.14. The molecule has 1 rings (SSSR count). The number of nitrogens with one attached hydrogen (secondary N) is 1. The molecule has 96 valence electrons. The Kier molecular flexibility index (Phi) is 4.89. The van der Waals surface area contributed by atoms with Gasteiger partial charge in [-0.3, -0.25) is 0 Å². The smallest absolute Gasteiger partial charge is 0.179 e. The monoisotopic (exact) mass is 258 g/mol. The Morgan fingerprint density at radius 1 is 1.53 bits per heavy atom. The third-order valence-corrected chi connectivity index (χ3v) is 3.50. The molecule has 0 aliphatic carbocycles. The van der Waals surface area contributed by atoms with Crippen LogP contribution in [0.5, 0.6) is 0 Å². The van der Waals surface area contributed by atoms with Crippen molar-refractivity contribution in [1.82, 2.24) is 4.98 Å². The largest absolute Gasteiger partial charge is 0.383 e. The lowest BCUT2D eigenvalue weighted by molar-refractivity contribution is 0.184. The summed E-state index contributed by atoms with van der Waals surface area (Å²) in [6.07, 6.45) is 3.57. The van der Waals surface area contributed by atoms with Crippen LogP contribution in [0.2, 0.25) is 0 Å². The average Bonchev–Trinajstić information content (AvgIpc) is 2.27. The fourth-order valence-electron chi connectivity index (χ4n) is 1.45. The zero-order valence-corrected chi connectivity index (χ0v) is 11.1. The highest BCUT2D eigenvalue weighted by atomic mass is 32.2. The first-order chi connectivity index (χ1) is 7.99. The van der Waals surface area contributed by atoms with E-state index in [-0.39, 0.29) is 10.9 Å². The third-order valence-electron chi connectivity index (χ3n) is 2.37. The molecule has 17 heavy (non-hydrogen) atoms. The fourth-order valence-corrected chi connectivity index (χ4v) is 2.24. The predicted octanol–water partition coefficient (Wildman–Crippen LogP) is 1.32. The van der Waals surface area contributed by atoms with Crippen molar-refractivity contribution in [3.63, 3.8) is 0 Å². The minimum Gasteiger partial charge on any atom is -0.383 e. The maximum absolute atomic E-state index is 11.6. The van der Waals surface area contributed by atoms with E-state index in [1.807, 2.05) is 6.92 Å². The minimum absolute atomic E-state index is 0.0513. The van der Waals surface area contributed by atoms with Gasteiger partial charge in [0, 0.05) is 19.6 Å². The molecule has 1 aromatic rings. The molecular weight excluding hydrogens is 240 g/mol. The first kappa shape index (κ1) is 13.9. The number of methoxy groups -OCH3 is 1. The molecule has 1 aromatic heterocycles. The van der Waals surface area contributed by atoms with E-state index >= 15 is 0 Å². The molecule has 0 saturated heterocycles. The van der Waals surface area contributed by atoms with E-state index < -0.39 is 9.84 Å². The third kappa shape index (κ3) is 3.98. The van der Waals surface area contributed by atoms with Crippen LogP contribution in [0, 0.1) is 0 Å². The molecule has 0 saturated carbocycles. The van der Waals surface area contributed by atoms with E-state index in [1.54, 1.807) is 25.4 Å². The lowest BCUT2D eigenvalue weighted by Gasteiger charge is -2.18. The maximum atomic E-state index is 11.6. The molecule has 1 N–H and O–H groups in total. The highest BCUT2D eigenvalue weighted by Gasteiger charge is 2.16. The van der Waals surface area contributed by atoms with Gasteiger partial charge in [-0.2, -0.15) is 0 Å². The SMILES string of the molecule is CCC(COC)Nc1ncccc1S(C)(=O)=O. The van der Waals surface area contributed by atoms with Crippen molar-refractivity contribution in [1.29, 1.82) is 0 Å². The highest BCUT2D eigenvalue weighted by Crippen LogP contribution is 2.19. The van der Waals surface area contributed by atoms with Crippen LogP contribution in [0.25, 0.3) is 0 Å². The van der Waals surface area contributed by atoms with Crippen LogP contribution in [-0.4, -0.2) is 39.4 Å². The number of hydrogen-bond donors (Lipinski definition) is 1. The molecule has 0 bridgehead atoms. The fraction of sp³-hybridized carbons (Fsp3) is 0.545. The molecule has 1 atom stereocenters. The Morgan fingerprint density at radius 3 is 2.76 bits per heavy atom. The normalized spacial score (nSPS) is 13.4. The number of pyridine rings is 1. The summed E-state index contributed by atoms with van der Waals surface area (Å²) in [5.74, 6) is 0.388. The Labute approximate surface area is 102 Å². The number of rotatable bonds is 6. The lowest BCUT2D eigenvalue weighted by atomic mass is 10.2. The average molecular weight is 258 g/mol. The molecule has 6 heteroatoms. The van der Waals surface area contributed by atoms with Gasteiger partial charge in [0.1, 0.15) is 10.7 Å². The number of anilines is 1. The van der Waals surface area contributed by atoms with Crippen LogP contribution in [0.1, 0.15) is 13.3 Å². The van der Waals surface area contributed by atoms with Crippen LogP contribution < -0.4 is 5.32 Å². The van der Waals surface area contributed by atoms with E-state index in [2.05, 4.69) is 10.3 Å². The van der Waals surface area contributed by atoms with Crippen molar-refractivity contribution in [2.45, 2.75) is 24.3 Å².